The van der Waals surface area contributed by atoms with E-state index < -0.39 is 27.2 Å². The Morgan fingerprint density at radius 2 is 1.64 bits per heavy atom. The Labute approximate surface area is 151 Å². The van der Waals surface area contributed by atoms with Gasteiger partial charge in [-0.25, -0.2) is 0 Å². The van der Waals surface area contributed by atoms with E-state index in [1.807, 2.05) is 0 Å². The van der Waals surface area contributed by atoms with Crippen LogP contribution in [0.2, 0.25) is 0 Å². The predicted octanol–water partition coefficient (Wildman–Crippen LogP) is 4.23. The Morgan fingerprint density at radius 1 is 1.00 bits per heavy atom. The van der Waals surface area contributed by atoms with Crippen molar-refractivity contribution in [3.05, 3.63) is 23.3 Å². The molecule has 25 heavy (non-hydrogen) atoms. The third-order valence-corrected chi connectivity index (χ3v) is 6.88. The second-order valence-electron chi connectivity index (χ2n) is 6.20. The fourth-order valence-corrected chi connectivity index (χ4v) is 4.96. The van der Waals surface area contributed by atoms with Crippen LogP contribution in [0, 0.1) is 11.8 Å². The van der Waals surface area contributed by atoms with Gasteiger partial charge in [0.25, 0.3) is 0 Å². The summed E-state index contributed by atoms with van der Waals surface area (Å²) in [6.07, 6.45) is 8.02. The number of unbranched alkanes of at least 4 members (excludes halogenated alkanes) is 1. The highest BCUT2D eigenvalue weighted by Crippen LogP contribution is 2.54. The Balaban J connectivity index is 3.84. The van der Waals surface area contributed by atoms with Crippen LogP contribution in [0.15, 0.2) is 23.3 Å². The fraction of sp³-hybridized carbons (Fsp3) is 0.647. The summed E-state index contributed by atoms with van der Waals surface area (Å²) in [5.41, 5.74) is 2.69. The molecule has 0 aromatic heterocycles. The average molecular weight is 392 g/mol. The van der Waals surface area contributed by atoms with Gasteiger partial charge in [0.15, 0.2) is 0 Å². The Kier molecular flexibility index (Phi) is 12.3. The summed E-state index contributed by atoms with van der Waals surface area (Å²) in [5, 5.41) is 0. The van der Waals surface area contributed by atoms with Crippen LogP contribution in [0.5, 0.6) is 0 Å². The van der Waals surface area contributed by atoms with Gasteiger partial charge < -0.3 is 19.4 Å². The van der Waals surface area contributed by atoms with Crippen molar-refractivity contribution in [2.45, 2.75) is 52.9 Å². The maximum Gasteiger partial charge on any atom is 0.335 e. The minimum atomic E-state index is -4.51. The SMILES string of the molecule is CC(C)=CCC/C(C)=C/CCC#CCCOCP(=O)(O)CP(=O)(O)O. The summed E-state index contributed by atoms with van der Waals surface area (Å²) in [6, 6.07) is 0. The van der Waals surface area contributed by atoms with Crippen molar-refractivity contribution in [2.75, 3.05) is 18.9 Å². The summed E-state index contributed by atoms with van der Waals surface area (Å²) in [4.78, 5) is 26.7. The van der Waals surface area contributed by atoms with Crippen LogP contribution in [0.1, 0.15) is 52.9 Å². The Bertz CT molecular complexity index is 602. The molecule has 0 bridgehead atoms. The lowest BCUT2D eigenvalue weighted by Gasteiger charge is -2.12. The molecule has 0 spiro atoms. The number of hydrogen-bond donors (Lipinski definition) is 3. The lowest BCUT2D eigenvalue weighted by atomic mass is 10.1. The molecule has 1 unspecified atom stereocenters. The van der Waals surface area contributed by atoms with Gasteiger partial charge in [-0.1, -0.05) is 23.3 Å². The van der Waals surface area contributed by atoms with Crippen LogP contribution in [-0.2, 0) is 13.9 Å². The van der Waals surface area contributed by atoms with E-state index in [0.29, 0.717) is 6.42 Å². The quantitative estimate of drug-likeness (QED) is 0.210. The smallest absolute Gasteiger partial charge is 0.335 e. The predicted molar refractivity (Wildman–Crippen MR) is 102 cm³/mol. The van der Waals surface area contributed by atoms with E-state index >= 15 is 0 Å². The third kappa shape index (κ3) is 17.9. The number of allylic oxidation sites excluding steroid dienone is 4. The molecule has 0 radical (unpaired) electrons. The van der Waals surface area contributed by atoms with Crippen LogP contribution < -0.4 is 0 Å². The molecule has 6 nitrogen and oxygen atoms in total. The first kappa shape index (κ1) is 24.3. The maximum atomic E-state index is 11.5. The summed E-state index contributed by atoms with van der Waals surface area (Å²) < 4.78 is 27.1. The van der Waals surface area contributed by atoms with Gasteiger partial charge in [0, 0.05) is 12.8 Å². The fourth-order valence-electron chi connectivity index (χ4n) is 1.92. The molecular weight excluding hydrogens is 362 g/mol. The highest BCUT2D eigenvalue weighted by Gasteiger charge is 2.29. The number of ether oxygens (including phenoxy) is 1. The van der Waals surface area contributed by atoms with Gasteiger partial charge in [0.1, 0.15) is 12.3 Å². The molecule has 0 aromatic carbocycles. The van der Waals surface area contributed by atoms with E-state index in [1.165, 1.54) is 11.1 Å². The summed E-state index contributed by atoms with van der Waals surface area (Å²) in [6.45, 7) is 6.46. The Hall–Kier alpha value is -0.660. The average Bonchev–Trinajstić information content (AvgIpc) is 2.42. The van der Waals surface area contributed by atoms with E-state index in [9.17, 15) is 14.0 Å². The van der Waals surface area contributed by atoms with Crippen molar-refractivity contribution in [2.24, 2.45) is 0 Å². The van der Waals surface area contributed by atoms with Gasteiger partial charge in [-0.3, -0.25) is 9.13 Å². The monoisotopic (exact) mass is 392 g/mol. The normalized spacial score (nSPS) is 14.4. The van der Waals surface area contributed by atoms with Gasteiger partial charge in [0.05, 0.1) is 6.61 Å². The van der Waals surface area contributed by atoms with E-state index in [2.05, 4.69) is 44.8 Å². The topological polar surface area (TPSA) is 104 Å². The van der Waals surface area contributed by atoms with Crippen LogP contribution in [0.4, 0.5) is 0 Å². The zero-order valence-electron chi connectivity index (χ0n) is 15.3. The summed E-state index contributed by atoms with van der Waals surface area (Å²) in [7, 11) is -8.46. The molecule has 0 saturated heterocycles. The molecule has 144 valence electrons. The highest BCUT2D eigenvalue weighted by atomic mass is 31.2. The second-order valence-corrected chi connectivity index (χ2v) is 10.6. The van der Waals surface area contributed by atoms with Crippen LogP contribution in [-0.4, -0.2) is 33.5 Å². The van der Waals surface area contributed by atoms with Gasteiger partial charge in [-0.05, 0) is 40.0 Å². The Morgan fingerprint density at radius 3 is 2.24 bits per heavy atom. The molecule has 0 heterocycles. The molecule has 0 aliphatic carbocycles. The van der Waals surface area contributed by atoms with Crippen molar-refractivity contribution in [1.82, 2.24) is 0 Å². The molecule has 0 rings (SSSR count). The zero-order chi connectivity index (χ0) is 19.3. The molecule has 0 saturated carbocycles. The lowest BCUT2D eigenvalue weighted by Crippen LogP contribution is -2.01. The number of hydrogen-bond acceptors (Lipinski definition) is 3. The standard InChI is InChI=1S/C17H30O6P2/c1-16(2)10-9-12-17(3)11-7-5-4-6-8-13-23-14-24(18,19)15-25(20,21)22/h10-11H,5,7-9,12-15H2,1-3H3,(H,18,19)(H2,20,21,22)/b17-11+. The summed E-state index contributed by atoms with van der Waals surface area (Å²) in [5.74, 6) is 4.87. The van der Waals surface area contributed by atoms with E-state index in [1.54, 1.807) is 0 Å². The molecule has 0 amide bonds. The molecular formula is C17H30O6P2. The van der Waals surface area contributed by atoms with Crippen molar-refractivity contribution in [3.8, 4) is 11.8 Å². The van der Waals surface area contributed by atoms with Gasteiger partial charge in [-0.15, -0.1) is 11.8 Å². The van der Waals surface area contributed by atoms with E-state index in [4.69, 9.17) is 14.5 Å². The molecule has 1 atom stereocenters. The molecule has 0 fully saturated rings. The van der Waals surface area contributed by atoms with Crippen molar-refractivity contribution >= 4 is 15.0 Å². The first-order valence-electron chi connectivity index (χ1n) is 8.20. The molecule has 0 aliphatic rings. The minimum Gasteiger partial charge on any atom is -0.370 e. The van der Waals surface area contributed by atoms with Crippen LogP contribution >= 0.6 is 15.0 Å². The molecule has 8 heteroatoms. The second kappa shape index (κ2) is 12.7. The molecule has 0 aliphatic heterocycles. The third-order valence-electron chi connectivity index (χ3n) is 3.05. The number of rotatable bonds is 11. The van der Waals surface area contributed by atoms with Gasteiger partial charge >= 0.3 is 7.60 Å². The minimum absolute atomic E-state index is 0.163. The van der Waals surface area contributed by atoms with E-state index in [-0.39, 0.29) is 6.61 Å². The first-order valence-corrected chi connectivity index (χ1v) is 12.0. The van der Waals surface area contributed by atoms with Crippen molar-refractivity contribution in [3.63, 3.8) is 0 Å². The largest absolute Gasteiger partial charge is 0.370 e. The zero-order valence-corrected chi connectivity index (χ0v) is 17.1. The van der Waals surface area contributed by atoms with Gasteiger partial charge in [0.2, 0.25) is 7.37 Å². The van der Waals surface area contributed by atoms with Gasteiger partial charge in [-0.2, -0.15) is 0 Å². The van der Waals surface area contributed by atoms with E-state index in [0.717, 1.165) is 25.7 Å². The maximum absolute atomic E-state index is 11.5. The van der Waals surface area contributed by atoms with Crippen molar-refractivity contribution < 1.29 is 28.5 Å². The highest BCUT2D eigenvalue weighted by molar-refractivity contribution is 7.72. The summed E-state index contributed by atoms with van der Waals surface area (Å²) >= 11 is 0. The van der Waals surface area contributed by atoms with Crippen LogP contribution in [0.3, 0.4) is 0 Å². The van der Waals surface area contributed by atoms with Crippen LogP contribution in [0.25, 0.3) is 0 Å². The molecule has 0 aromatic rings. The van der Waals surface area contributed by atoms with Crippen molar-refractivity contribution in [1.29, 1.82) is 0 Å². The lowest BCUT2D eigenvalue weighted by molar-refractivity contribution is 0.175. The first-order chi connectivity index (χ1) is 11.5. The molecule has 3 N–H and O–H groups in total.